The fraction of sp³-hybridized carbons (Fsp3) is 0.472. The van der Waals surface area contributed by atoms with Gasteiger partial charge in [0.25, 0.3) is 0 Å². The Bertz CT molecular complexity index is 1600. The van der Waals surface area contributed by atoms with Crippen LogP contribution >= 0.6 is 22.9 Å². The Hall–Kier alpha value is -3.60. The van der Waals surface area contributed by atoms with Gasteiger partial charge >= 0.3 is 12.1 Å². The SMILES string of the molecule is COC(=O)c1ccc(N2CCN(CC3=C(c4ccc(Cl)cc4)CC(C)(C)CC3)CC2)cc1OCc1csc(NC(=O)OC(C)(C)C)n1. The maximum atomic E-state index is 12.6. The Morgan fingerprint density at radius 1 is 1.06 bits per heavy atom. The first-order chi connectivity index (χ1) is 22.3. The topological polar surface area (TPSA) is 93.2 Å². The highest BCUT2D eigenvalue weighted by Crippen LogP contribution is 2.43. The maximum absolute atomic E-state index is 12.6. The molecular weight excluding hydrogens is 636 g/mol. The van der Waals surface area contributed by atoms with Gasteiger partial charge < -0.3 is 19.1 Å². The molecule has 1 fully saturated rings. The Labute approximate surface area is 286 Å². The Kier molecular flexibility index (Phi) is 10.8. The molecule has 2 aliphatic rings. The van der Waals surface area contributed by atoms with E-state index >= 15 is 0 Å². The Balaban J connectivity index is 1.23. The van der Waals surface area contributed by atoms with Gasteiger partial charge in [-0.2, -0.15) is 0 Å². The lowest BCUT2D eigenvalue weighted by molar-refractivity contribution is 0.0593. The van der Waals surface area contributed by atoms with Gasteiger partial charge in [-0.1, -0.05) is 43.2 Å². The largest absolute Gasteiger partial charge is 0.486 e. The molecule has 0 unspecified atom stereocenters. The van der Waals surface area contributed by atoms with Crippen LogP contribution in [0.5, 0.6) is 5.75 Å². The smallest absolute Gasteiger partial charge is 0.413 e. The number of nitrogens with one attached hydrogen (secondary N) is 1. The molecular formula is C36H45ClN4O5S. The second kappa shape index (κ2) is 14.7. The standard InChI is InChI=1S/C36H45ClN4O5S/c1-35(2,3)46-34(43)39-33-38-27(23-47-33)22-45-31-19-28(11-12-29(31)32(42)44-6)41-17-15-40(16-18-41)21-25-13-14-36(4,5)20-30(25)24-7-9-26(37)10-8-24/h7-12,19,23H,13-18,20-22H2,1-6H3,(H,38,39,43). The second-order valence-corrected chi connectivity index (χ2v) is 15.2. The summed E-state index contributed by atoms with van der Waals surface area (Å²) in [6, 6.07) is 13.9. The molecule has 1 N–H and O–H groups in total. The number of methoxy groups -OCH3 is 1. The predicted molar refractivity (Wildman–Crippen MR) is 189 cm³/mol. The highest BCUT2D eigenvalue weighted by atomic mass is 35.5. The predicted octanol–water partition coefficient (Wildman–Crippen LogP) is 8.30. The fourth-order valence-corrected chi connectivity index (χ4v) is 6.78. The number of rotatable bonds is 9. The van der Waals surface area contributed by atoms with E-state index in [4.69, 9.17) is 25.8 Å². The molecule has 2 aromatic carbocycles. The number of carbonyl (C=O) groups is 2. The summed E-state index contributed by atoms with van der Waals surface area (Å²) in [5.41, 5.74) is 5.90. The molecule has 1 amide bonds. The number of allylic oxidation sites excluding steroid dienone is 1. The molecule has 5 rings (SSSR count). The summed E-state index contributed by atoms with van der Waals surface area (Å²) in [5, 5.41) is 5.62. The summed E-state index contributed by atoms with van der Waals surface area (Å²) in [4.78, 5) is 34.0. The van der Waals surface area contributed by atoms with Gasteiger partial charge in [-0.15, -0.1) is 11.3 Å². The van der Waals surface area contributed by atoms with Gasteiger partial charge in [-0.05, 0) is 80.9 Å². The number of piperazine rings is 1. The van der Waals surface area contributed by atoms with E-state index in [9.17, 15) is 9.59 Å². The third-order valence-electron chi connectivity index (χ3n) is 8.44. The molecule has 0 radical (unpaired) electrons. The number of amides is 1. The quantitative estimate of drug-likeness (QED) is 0.226. The zero-order chi connectivity index (χ0) is 33.8. The molecule has 252 valence electrons. The van der Waals surface area contributed by atoms with E-state index < -0.39 is 17.7 Å². The van der Waals surface area contributed by atoms with Crippen LogP contribution in [0.4, 0.5) is 15.6 Å². The van der Waals surface area contributed by atoms with Crippen molar-refractivity contribution >= 4 is 51.4 Å². The number of ether oxygens (including phenoxy) is 3. The molecule has 11 heteroatoms. The molecule has 1 aliphatic heterocycles. The number of hydrogen-bond donors (Lipinski definition) is 1. The van der Waals surface area contributed by atoms with Crippen LogP contribution < -0.4 is 15.0 Å². The van der Waals surface area contributed by atoms with E-state index in [1.807, 2.05) is 24.3 Å². The van der Waals surface area contributed by atoms with Crippen molar-refractivity contribution < 1.29 is 23.8 Å². The molecule has 1 aromatic heterocycles. The van der Waals surface area contributed by atoms with Crippen LogP contribution in [-0.4, -0.2) is 67.4 Å². The van der Waals surface area contributed by atoms with Crippen molar-refractivity contribution in [3.05, 3.63) is 75.3 Å². The van der Waals surface area contributed by atoms with Crippen LogP contribution in [0.25, 0.3) is 5.57 Å². The normalized spacial score (nSPS) is 17.0. The van der Waals surface area contributed by atoms with Crippen molar-refractivity contribution in [2.24, 2.45) is 5.41 Å². The number of halogens is 1. The van der Waals surface area contributed by atoms with Crippen molar-refractivity contribution in [2.75, 3.05) is 50.1 Å². The zero-order valence-electron chi connectivity index (χ0n) is 28.2. The van der Waals surface area contributed by atoms with Crippen molar-refractivity contribution in [1.82, 2.24) is 9.88 Å². The van der Waals surface area contributed by atoms with E-state index in [1.54, 1.807) is 32.2 Å². The van der Waals surface area contributed by atoms with Gasteiger partial charge in [-0.25, -0.2) is 14.6 Å². The number of benzene rings is 2. The number of hydrogen-bond acceptors (Lipinski definition) is 9. The summed E-state index contributed by atoms with van der Waals surface area (Å²) in [5.74, 6) is -0.0450. The molecule has 2 heterocycles. The lowest BCUT2D eigenvalue weighted by atomic mass is 9.72. The summed E-state index contributed by atoms with van der Waals surface area (Å²) >= 11 is 7.48. The van der Waals surface area contributed by atoms with Crippen LogP contribution in [0.1, 0.15) is 75.5 Å². The number of esters is 1. The molecule has 3 aromatic rings. The molecule has 0 atom stereocenters. The van der Waals surface area contributed by atoms with Crippen LogP contribution in [0.15, 0.2) is 53.4 Å². The number of aromatic nitrogens is 1. The average molecular weight is 681 g/mol. The van der Waals surface area contributed by atoms with Gasteiger partial charge in [0.2, 0.25) is 0 Å². The molecule has 0 spiro atoms. The van der Waals surface area contributed by atoms with Crippen LogP contribution in [0, 0.1) is 5.41 Å². The third kappa shape index (κ3) is 9.49. The second-order valence-electron chi connectivity index (χ2n) is 13.9. The van der Waals surface area contributed by atoms with Gasteiger partial charge in [-0.3, -0.25) is 10.2 Å². The first-order valence-electron chi connectivity index (χ1n) is 16.0. The number of carbonyl (C=O) groups excluding carboxylic acids is 2. The van der Waals surface area contributed by atoms with E-state index in [0.29, 0.717) is 22.1 Å². The molecule has 0 saturated carbocycles. The van der Waals surface area contributed by atoms with Crippen molar-refractivity contribution in [3.8, 4) is 5.75 Å². The van der Waals surface area contributed by atoms with Crippen LogP contribution in [0.3, 0.4) is 0 Å². The number of nitrogens with zero attached hydrogens (tertiary/aromatic N) is 3. The van der Waals surface area contributed by atoms with Crippen LogP contribution in [0.2, 0.25) is 5.02 Å². The van der Waals surface area contributed by atoms with Gasteiger partial charge in [0, 0.05) is 54.9 Å². The highest BCUT2D eigenvalue weighted by Gasteiger charge is 2.29. The van der Waals surface area contributed by atoms with E-state index in [2.05, 4.69) is 46.1 Å². The molecule has 1 saturated heterocycles. The Morgan fingerprint density at radius 3 is 2.47 bits per heavy atom. The van der Waals surface area contributed by atoms with Gasteiger partial charge in [0.15, 0.2) is 5.13 Å². The summed E-state index contributed by atoms with van der Waals surface area (Å²) < 4.78 is 16.5. The monoisotopic (exact) mass is 680 g/mol. The lowest BCUT2D eigenvalue weighted by Gasteiger charge is -2.39. The molecule has 0 bridgehead atoms. The summed E-state index contributed by atoms with van der Waals surface area (Å²) in [6.07, 6.45) is 2.80. The van der Waals surface area contributed by atoms with Crippen molar-refractivity contribution in [1.29, 1.82) is 0 Å². The summed E-state index contributed by atoms with van der Waals surface area (Å²) in [6.45, 7) is 14.8. The summed E-state index contributed by atoms with van der Waals surface area (Å²) in [7, 11) is 1.36. The maximum Gasteiger partial charge on any atom is 0.413 e. The minimum Gasteiger partial charge on any atom is -0.486 e. The van der Waals surface area contributed by atoms with E-state index in [1.165, 1.54) is 41.6 Å². The van der Waals surface area contributed by atoms with Gasteiger partial charge in [0.1, 0.15) is 23.5 Å². The van der Waals surface area contributed by atoms with E-state index in [0.717, 1.165) is 56.3 Å². The highest BCUT2D eigenvalue weighted by molar-refractivity contribution is 7.13. The fourth-order valence-electron chi connectivity index (χ4n) is 5.98. The molecule has 9 nitrogen and oxygen atoms in total. The third-order valence-corrected chi connectivity index (χ3v) is 9.49. The minimum absolute atomic E-state index is 0.121. The lowest BCUT2D eigenvalue weighted by Crippen LogP contribution is -2.47. The van der Waals surface area contributed by atoms with Gasteiger partial charge in [0.05, 0.1) is 12.8 Å². The number of anilines is 2. The Morgan fingerprint density at radius 2 is 1.79 bits per heavy atom. The first-order valence-corrected chi connectivity index (χ1v) is 17.3. The van der Waals surface area contributed by atoms with Crippen LogP contribution in [-0.2, 0) is 16.1 Å². The van der Waals surface area contributed by atoms with Crippen molar-refractivity contribution in [3.63, 3.8) is 0 Å². The average Bonchev–Trinajstić information content (AvgIpc) is 3.47. The number of thiazole rings is 1. The van der Waals surface area contributed by atoms with Crippen molar-refractivity contribution in [2.45, 2.75) is 66.1 Å². The van der Waals surface area contributed by atoms with E-state index in [-0.39, 0.29) is 12.0 Å². The zero-order valence-corrected chi connectivity index (χ0v) is 29.7. The first kappa shape index (κ1) is 34.7. The minimum atomic E-state index is -0.610. The molecule has 47 heavy (non-hydrogen) atoms. The molecule has 1 aliphatic carbocycles.